The summed E-state index contributed by atoms with van der Waals surface area (Å²) in [5.74, 6) is -1.57. The second-order valence-corrected chi connectivity index (χ2v) is 10.7. The zero-order valence-electron chi connectivity index (χ0n) is 20.7. The summed E-state index contributed by atoms with van der Waals surface area (Å²) in [6.07, 6.45) is -0.265. The molecule has 0 unspecified atom stereocenters. The molecule has 1 N–H and O–H groups in total. The summed E-state index contributed by atoms with van der Waals surface area (Å²) in [5, 5.41) is 10.0. The van der Waals surface area contributed by atoms with Crippen molar-refractivity contribution in [1.29, 1.82) is 0 Å². The Hall–Kier alpha value is -2.77. The topological polar surface area (TPSA) is 70.1 Å². The zero-order valence-corrected chi connectivity index (χ0v) is 20.7. The fraction of sp³-hybridized carbons (Fsp3) is 0.500. The van der Waals surface area contributed by atoms with Crippen molar-refractivity contribution < 1.29 is 23.8 Å². The van der Waals surface area contributed by atoms with Crippen molar-refractivity contribution in [2.75, 3.05) is 18.6 Å². The Morgan fingerprint density at radius 2 is 1.83 bits per heavy atom. The van der Waals surface area contributed by atoms with Gasteiger partial charge >= 0.3 is 0 Å². The molecule has 3 heterocycles. The highest BCUT2D eigenvalue weighted by Crippen LogP contribution is 2.58. The SMILES string of the molecule is C[C@@H]1[C@@H](C(C)(C)F)[C@H](CC(=O)N2Cc3ccccc3C[C@H]2CO)O[C@@]12C(=O)N(C)c1ccccc12. The van der Waals surface area contributed by atoms with Gasteiger partial charge in [0.15, 0.2) is 5.60 Å². The number of benzene rings is 2. The third-order valence-corrected chi connectivity index (χ3v) is 8.26. The molecule has 5 rings (SSSR count). The summed E-state index contributed by atoms with van der Waals surface area (Å²) < 4.78 is 22.2. The Morgan fingerprint density at radius 3 is 2.51 bits per heavy atom. The number of halogens is 1. The highest BCUT2D eigenvalue weighted by molar-refractivity contribution is 6.07. The molecule has 1 fully saturated rings. The molecule has 7 heteroatoms. The van der Waals surface area contributed by atoms with Crippen LogP contribution in [0, 0.1) is 11.8 Å². The third-order valence-electron chi connectivity index (χ3n) is 8.26. The van der Waals surface area contributed by atoms with Crippen LogP contribution in [0.3, 0.4) is 0 Å². The average Bonchev–Trinajstić information content (AvgIpc) is 3.25. The van der Waals surface area contributed by atoms with Gasteiger partial charge in [-0.15, -0.1) is 0 Å². The molecule has 0 saturated carbocycles. The van der Waals surface area contributed by atoms with Crippen LogP contribution in [-0.2, 0) is 32.9 Å². The van der Waals surface area contributed by atoms with Crippen LogP contribution in [-0.4, -0.2) is 53.3 Å². The van der Waals surface area contributed by atoms with Gasteiger partial charge in [-0.25, -0.2) is 4.39 Å². The van der Waals surface area contributed by atoms with Crippen LogP contribution >= 0.6 is 0 Å². The molecule has 35 heavy (non-hydrogen) atoms. The van der Waals surface area contributed by atoms with Gasteiger partial charge in [-0.3, -0.25) is 9.59 Å². The molecular formula is C28H33FN2O4. The normalized spacial score (nSPS) is 30.1. The number of carbonyl (C=O) groups excluding carboxylic acids is 2. The number of fused-ring (bicyclic) bond motifs is 3. The maximum absolute atomic E-state index is 15.7. The number of alkyl halides is 1. The Balaban J connectivity index is 1.48. The number of para-hydroxylation sites is 1. The number of anilines is 1. The van der Waals surface area contributed by atoms with Crippen molar-refractivity contribution in [2.24, 2.45) is 11.8 Å². The number of nitrogens with zero attached hydrogens (tertiary/aromatic N) is 2. The van der Waals surface area contributed by atoms with Gasteiger partial charge in [0.25, 0.3) is 5.91 Å². The van der Waals surface area contributed by atoms with Crippen LogP contribution in [0.15, 0.2) is 48.5 Å². The lowest BCUT2D eigenvalue weighted by Gasteiger charge is -2.37. The molecule has 0 aliphatic carbocycles. The summed E-state index contributed by atoms with van der Waals surface area (Å²) >= 11 is 0. The number of hydrogen-bond donors (Lipinski definition) is 1. The van der Waals surface area contributed by atoms with Gasteiger partial charge in [0.05, 0.1) is 30.9 Å². The Morgan fingerprint density at radius 1 is 1.17 bits per heavy atom. The Bertz CT molecular complexity index is 1160. The molecule has 0 aromatic heterocycles. The van der Waals surface area contributed by atoms with Crippen molar-refractivity contribution in [3.8, 4) is 0 Å². The number of aliphatic hydroxyl groups is 1. The number of likely N-dealkylation sites (N-methyl/N-ethyl adjacent to an activating group) is 1. The van der Waals surface area contributed by atoms with Crippen molar-refractivity contribution in [1.82, 2.24) is 4.90 Å². The van der Waals surface area contributed by atoms with E-state index in [0.29, 0.717) is 13.0 Å². The zero-order chi connectivity index (χ0) is 25.1. The molecule has 3 aliphatic heterocycles. The smallest absolute Gasteiger partial charge is 0.264 e. The van der Waals surface area contributed by atoms with E-state index in [1.807, 2.05) is 55.5 Å². The molecule has 2 amide bonds. The summed E-state index contributed by atoms with van der Waals surface area (Å²) in [6, 6.07) is 15.0. The largest absolute Gasteiger partial charge is 0.394 e. The number of aliphatic hydroxyl groups excluding tert-OH is 1. The highest BCUT2D eigenvalue weighted by atomic mass is 19.1. The van der Waals surface area contributed by atoms with E-state index in [4.69, 9.17) is 4.74 Å². The standard InChI is InChI=1S/C28H33FN2O4/c1-17-25(27(2,3)29)23(35-28(17)21-11-7-8-12-22(21)30(4)26(28)34)14-24(33)31-15-19-10-6-5-9-18(19)13-20(31)16-32/h5-12,17,20,23,25,32H,13-16H2,1-4H3/t17-,20+,23+,25-,28+/m1/s1. The first-order valence-corrected chi connectivity index (χ1v) is 12.3. The van der Waals surface area contributed by atoms with E-state index in [1.165, 1.54) is 13.8 Å². The second kappa shape index (κ2) is 8.42. The number of carbonyl (C=O) groups is 2. The lowest BCUT2D eigenvalue weighted by Crippen LogP contribution is -2.48. The first kappa shape index (κ1) is 23.9. The van der Waals surface area contributed by atoms with E-state index in [9.17, 15) is 14.7 Å². The van der Waals surface area contributed by atoms with Crippen molar-refractivity contribution in [3.63, 3.8) is 0 Å². The van der Waals surface area contributed by atoms with Crippen LogP contribution in [0.2, 0.25) is 0 Å². The fourth-order valence-corrected chi connectivity index (χ4v) is 6.64. The van der Waals surface area contributed by atoms with Crippen molar-refractivity contribution in [3.05, 3.63) is 65.2 Å². The van der Waals surface area contributed by atoms with Gasteiger partial charge in [-0.2, -0.15) is 0 Å². The molecule has 186 valence electrons. The molecule has 2 aromatic carbocycles. The fourth-order valence-electron chi connectivity index (χ4n) is 6.64. The van der Waals surface area contributed by atoms with Gasteiger partial charge in [0, 0.05) is 31.0 Å². The number of rotatable bonds is 4. The molecule has 6 nitrogen and oxygen atoms in total. The monoisotopic (exact) mass is 480 g/mol. The highest BCUT2D eigenvalue weighted by Gasteiger charge is 2.66. The molecule has 1 spiro atoms. The number of ether oxygens (including phenoxy) is 1. The Kier molecular flexibility index (Phi) is 5.76. The maximum Gasteiger partial charge on any atom is 0.264 e. The number of amides is 2. The summed E-state index contributed by atoms with van der Waals surface area (Å²) in [7, 11) is 1.71. The minimum atomic E-state index is -1.67. The van der Waals surface area contributed by atoms with Gasteiger partial charge < -0.3 is 19.6 Å². The van der Waals surface area contributed by atoms with Crippen LogP contribution in [0.4, 0.5) is 10.1 Å². The van der Waals surface area contributed by atoms with E-state index >= 15 is 4.39 Å². The van der Waals surface area contributed by atoms with Crippen LogP contribution in [0.1, 0.15) is 43.9 Å². The summed E-state index contributed by atoms with van der Waals surface area (Å²) in [6.45, 7) is 5.09. The third kappa shape index (κ3) is 3.59. The lowest BCUT2D eigenvalue weighted by molar-refractivity contribution is -0.151. The van der Waals surface area contributed by atoms with Crippen molar-refractivity contribution >= 4 is 17.5 Å². The van der Waals surface area contributed by atoms with Gasteiger partial charge in [-0.1, -0.05) is 49.4 Å². The van der Waals surface area contributed by atoms with E-state index < -0.39 is 29.2 Å². The van der Waals surface area contributed by atoms with E-state index in [-0.39, 0.29) is 30.9 Å². The van der Waals surface area contributed by atoms with Crippen LogP contribution in [0.25, 0.3) is 0 Å². The van der Waals surface area contributed by atoms with Gasteiger partial charge in [0.1, 0.15) is 5.67 Å². The minimum absolute atomic E-state index is 0.0536. The summed E-state index contributed by atoms with van der Waals surface area (Å²) in [5.41, 5.74) is 0.652. The van der Waals surface area contributed by atoms with E-state index in [0.717, 1.165) is 22.4 Å². The number of hydrogen-bond acceptors (Lipinski definition) is 4. The lowest BCUT2D eigenvalue weighted by atomic mass is 9.71. The molecule has 5 atom stereocenters. The average molecular weight is 481 g/mol. The van der Waals surface area contributed by atoms with E-state index in [1.54, 1.807) is 16.8 Å². The van der Waals surface area contributed by atoms with Crippen LogP contribution in [0.5, 0.6) is 0 Å². The first-order chi connectivity index (χ1) is 16.6. The molecule has 0 radical (unpaired) electrons. The molecule has 3 aliphatic rings. The summed E-state index contributed by atoms with van der Waals surface area (Å²) in [4.78, 5) is 30.5. The molecule has 1 saturated heterocycles. The van der Waals surface area contributed by atoms with Crippen LogP contribution < -0.4 is 4.90 Å². The Labute approximate surface area is 205 Å². The maximum atomic E-state index is 15.7. The quantitative estimate of drug-likeness (QED) is 0.726. The molecule has 2 aromatic rings. The molecule has 0 bridgehead atoms. The van der Waals surface area contributed by atoms with E-state index in [2.05, 4.69) is 0 Å². The predicted molar refractivity (Wildman–Crippen MR) is 130 cm³/mol. The first-order valence-electron chi connectivity index (χ1n) is 12.3. The molecular weight excluding hydrogens is 447 g/mol. The van der Waals surface area contributed by atoms with Gasteiger partial charge in [-0.05, 0) is 37.5 Å². The second-order valence-electron chi connectivity index (χ2n) is 10.7. The predicted octanol–water partition coefficient (Wildman–Crippen LogP) is 3.59. The minimum Gasteiger partial charge on any atom is -0.394 e. The van der Waals surface area contributed by atoms with Crippen molar-refractivity contribution in [2.45, 2.75) is 63.6 Å². The van der Waals surface area contributed by atoms with Gasteiger partial charge in [0.2, 0.25) is 5.91 Å².